The highest BCUT2D eigenvalue weighted by molar-refractivity contribution is 7.15. The van der Waals surface area contributed by atoms with Crippen LogP contribution in [0, 0.1) is 10.1 Å². The highest BCUT2D eigenvalue weighted by Crippen LogP contribution is 2.36. The van der Waals surface area contributed by atoms with Gasteiger partial charge >= 0.3 is 6.18 Å². The first-order valence-corrected chi connectivity index (χ1v) is 5.54. The molecule has 0 spiro atoms. The number of aromatic nitrogens is 2. The van der Waals surface area contributed by atoms with Crippen LogP contribution in [0.25, 0.3) is 10.6 Å². The summed E-state index contributed by atoms with van der Waals surface area (Å²) in [4.78, 5) is 17.0. The number of hydrogen-bond acceptors (Lipinski definition) is 6. The highest BCUT2D eigenvalue weighted by Gasteiger charge is 2.34. The Labute approximate surface area is 107 Å². The van der Waals surface area contributed by atoms with E-state index >= 15 is 0 Å². The van der Waals surface area contributed by atoms with Crippen LogP contribution in [-0.2, 0) is 6.18 Å². The van der Waals surface area contributed by atoms with E-state index in [0.717, 1.165) is 18.3 Å². The number of rotatable bonds is 2. The Bertz CT molecular complexity index is 641. The third kappa shape index (κ3) is 2.78. The number of nitro groups is 1. The van der Waals surface area contributed by atoms with Gasteiger partial charge in [-0.3, -0.25) is 10.1 Å². The summed E-state index contributed by atoms with van der Waals surface area (Å²) in [5.74, 6) is -0.147. The molecule has 100 valence electrons. The number of pyridine rings is 1. The Hall–Kier alpha value is -2.23. The van der Waals surface area contributed by atoms with Gasteiger partial charge in [-0.25, -0.2) is 9.97 Å². The lowest BCUT2D eigenvalue weighted by Crippen LogP contribution is -2.02. The monoisotopic (exact) mass is 290 g/mol. The Morgan fingerprint density at radius 2 is 2.05 bits per heavy atom. The molecular weight excluding hydrogens is 285 g/mol. The second-order valence-corrected chi connectivity index (χ2v) is 4.45. The number of nitrogens with two attached hydrogens (primary N) is 1. The van der Waals surface area contributed by atoms with Crippen molar-refractivity contribution < 1.29 is 18.1 Å². The molecular formula is C9H5F3N4O2S. The topological polar surface area (TPSA) is 94.9 Å². The molecule has 0 aliphatic heterocycles. The van der Waals surface area contributed by atoms with E-state index in [9.17, 15) is 23.3 Å². The number of alkyl halides is 3. The molecule has 2 rings (SSSR count). The van der Waals surface area contributed by atoms with Crippen molar-refractivity contribution in [2.75, 3.05) is 5.73 Å². The van der Waals surface area contributed by atoms with E-state index in [-0.39, 0.29) is 22.1 Å². The summed E-state index contributed by atoms with van der Waals surface area (Å²) >= 11 is 0.345. The van der Waals surface area contributed by atoms with E-state index < -0.39 is 16.1 Å². The summed E-state index contributed by atoms with van der Waals surface area (Å²) in [5.41, 5.74) is 5.02. The van der Waals surface area contributed by atoms with E-state index in [1.165, 1.54) is 0 Å². The van der Waals surface area contributed by atoms with Crippen molar-refractivity contribution >= 4 is 22.8 Å². The van der Waals surface area contributed by atoms with E-state index in [1.807, 2.05) is 0 Å². The molecule has 0 bridgehead atoms. The molecule has 0 aliphatic rings. The van der Waals surface area contributed by atoms with E-state index in [2.05, 4.69) is 9.97 Å². The second-order valence-electron chi connectivity index (χ2n) is 3.42. The van der Waals surface area contributed by atoms with Gasteiger partial charge in [0, 0.05) is 12.3 Å². The quantitative estimate of drug-likeness (QED) is 0.677. The Morgan fingerprint density at radius 1 is 1.37 bits per heavy atom. The highest BCUT2D eigenvalue weighted by atomic mass is 32.1. The molecule has 2 aromatic heterocycles. The molecule has 0 saturated heterocycles. The lowest BCUT2D eigenvalue weighted by atomic mass is 10.3. The van der Waals surface area contributed by atoms with Crippen molar-refractivity contribution in [2.45, 2.75) is 6.18 Å². The Balaban J connectivity index is 2.47. The fourth-order valence-corrected chi connectivity index (χ4v) is 2.04. The third-order valence-electron chi connectivity index (χ3n) is 2.04. The third-order valence-corrected chi connectivity index (χ3v) is 3.11. The van der Waals surface area contributed by atoms with Gasteiger partial charge in [0.25, 0.3) is 5.69 Å². The lowest BCUT2D eigenvalue weighted by molar-refractivity contribution is -0.384. The molecule has 10 heteroatoms. The van der Waals surface area contributed by atoms with Crippen molar-refractivity contribution in [3.63, 3.8) is 0 Å². The molecule has 0 aliphatic carbocycles. The summed E-state index contributed by atoms with van der Waals surface area (Å²) in [5, 5.41) is 9.58. The van der Waals surface area contributed by atoms with Crippen LogP contribution >= 0.6 is 11.3 Å². The van der Waals surface area contributed by atoms with Gasteiger partial charge < -0.3 is 5.73 Å². The lowest BCUT2D eigenvalue weighted by Gasteiger charge is -2.00. The van der Waals surface area contributed by atoms with Crippen LogP contribution in [0.4, 0.5) is 24.7 Å². The van der Waals surface area contributed by atoms with Crippen LogP contribution < -0.4 is 5.73 Å². The molecule has 2 heterocycles. The minimum absolute atomic E-state index is 0.0142. The fourth-order valence-electron chi connectivity index (χ4n) is 1.29. The largest absolute Gasteiger partial charge is 0.443 e. The van der Waals surface area contributed by atoms with Crippen molar-refractivity contribution in [1.29, 1.82) is 0 Å². The molecule has 2 aromatic rings. The number of halogens is 3. The summed E-state index contributed by atoms with van der Waals surface area (Å²) < 4.78 is 37.2. The molecule has 0 unspecified atom stereocenters. The van der Waals surface area contributed by atoms with Gasteiger partial charge in [0.2, 0.25) is 0 Å². The minimum atomic E-state index is -4.56. The summed E-state index contributed by atoms with van der Waals surface area (Å²) in [6.45, 7) is 0. The predicted molar refractivity (Wildman–Crippen MR) is 61.4 cm³/mol. The van der Waals surface area contributed by atoms with Gasteiger partial charge in [-0.05, 0) is 0 Å². The minimum Gasteiger partial charge on any atom is -0.383 e. The summed E-state index contributed by atoms with van der Waals surface area (Å²) in [6, 6.07) is 2.07. The SMILES string of the molecule is Nc1cc([N+](=O)[O-])cc(-c2cnc(C(F)(F)F)s2)n1. The second kappa shape index (κ2) is 4.46. The fraction of sp³-hybridized carbons (Fsp3) is 0.111. The zero-order valence-corrected chi connectivity index (χ0v) is 9.83. The maximum Gasteiger partial charge on any atom is 0.443 e. The number of thiazole rings is 1. The number of hydrogen-bond donors (Lipinski definition) is 1. The van der Waals surface area contributed by atoms with Crippen LogP contribution in [0.1, 0.15) is 5.01 Å². The zero-order chi connectivity index (χ0) is 14.2. The van der Waals surface area contributed by atoms with Crippen LogP contribution in [-0.4, -0.2) is 14.9 Å². The first kappa shape index (κ1) is 13.2. The molecule has 19 heavy (non-hydrogen) atoms. The van der Waals surface area contributed by atoms with Crippen LogP contribution in [0.2, 0.25) is 0 Å². The summed E-state index contributed by atoms with van der Waals surface area (Å²) in [6.07, 6.45) is -3.60. The smallest absolute Gasteiger partial charge is 0.383 e. The van der Waals surface area contributed by atoms with Crippen molar-refractivity contribution in [3.8, 4) is 10.6 Å². The van der Waals surface area contributed by atoms with Crippen molar-refractivity contribution in [1.82, 2.24) is 9.97 Å². The molecule has 0 fully saturated rings. The van der Waals surface area contributed by atoms with Gasteiger partial charge in [0.15, 0.2) is 5.01 Å². The maximum atomic E-state index is 12.4. The van der Waals surface area contributed by atoms with Crippen LogP contribution in [0.5, 0.6) is 0 Å². The molecule has 0 saturated carbocycles. The van der Waals surface area contributed by atoms with E-state index in [0.29, 0.717) is 11.3 Å². The summed E-state index contributed by atoms with van der Waals surface area (Å²) in [7, 11) is 0. The van der Waals surface area contributed by atoms with E-state index in [4.69, 9.17) is 5.73 Å². The Morgan fingerprint density at radius 3 is 2.58 bits per heavy atom. The standard InChI is InChI=1S/C9H5F3N4O2S/c10-9(11,12)8-14-3-6(19-8)5-1-4(16(17)18)2-7(13)15-5/h1-3H,(H2,13,15). The molecule has 6 nitrogen and oxygen atoms in total. The first-order valence-electron chi connectivity index (χ1n) is 4.73. The Kier molecular flexibility index (Phi) is 3.10. The molecule has 0 atom stereocenters. The van der Waals surface area contributed by atoms with Gasteiger partial charge in [-0.1, -0.05) is 0 Å². The van der Waals surface area contributed by atoms with Crippen LogP contribution in [0.3, 0.4) is 0 Å². The first-order chi connectivity index (χ1) is 8.77. The van der Waals surface area contributed by atoms with E-state index in [1.54, 1.807) is 0 Å². The predicted octanol–water partition coefficient (Wildman–Crippen LogP) is 2.71. The normalized spacial score (nSPS) is 11.5. The van der Waals surface area contributed by atoms with Gasteiger partial charge in [0.1, 0.15) is 5.82 Å². The molecule has 0 aromatic carbocycles. The number of nitrogens with zero attached hydrogens (tertiary/aromatic N) is 3. The molecule has 0 radical (unpaired) electrons. The van der Waals surface area contributed by atoms with Crippen molar-refractivity contribution in [3.05, 3.63) is 33.5 Å². The number of nitrogen functional groups attached to an aromatic ring is 1. The average molecular weight is 290 g/mol. The average Bonchev–Trinajstić information content (AvgIpc) is 2.76. The van der Waals surface area contributed by atoms with Crippen LogP contribution in [0.15, 0.2) is 18.3 Å². The van der Waals surface area contributed by atoms with Gasteiger partial charge in [-0.2, -0.15) is 13.2 Å². The maximum absolute atomic E-state index is 12.4. The van der Waals surface area contributed by atoms with Gasteiger partial charge in [-0.15, -0.1) is 11.3 Å². The van der Waals surface area contributed by atoms with Gasteiger partial charge in [0.05, 0.1) is 21.6 Å². The molecule has 2 N–H and O–H groups in total. The van der Waals surface area contributed by atoms with Crippen molar-refractivity contribution in [2.24, 2.45) is 0 Å². The molecule has 0 amide bonds. The zero-order valence-electron chi connectivity index (χ0n) is 9.01. The number of anilines is 1.